The van der Waals surface area contributed by atoms with Gasteiger partial charge in [0.05, 0.1) is 25.9 Å². The summed E-state index contributed by atoms with van der Waals surface area (Å²) >= 11 is 0. The van der Waals surface area contributed by atoms with Crippen molar-refractivity contribution in [3.8, 4) is 11.5 Å². The Hall–Kier alpha value is -2.44. The van der Waals surface area contributed by atoms with E-state index in [1.54, 1.807) is 14.0 Å². The number of carbonyl (C=O) groups is 1. The number of nitrogens with one attached hydrogen (secondary N) is 2. The van der Waals surface area contributed by atoms with Crippen molar-refractivity contribution in [1.29, 1.82) is 0 Å². The van der Waals surface area contributed by atoms with Crippen molar-refractivity contribution >= 4 is 11.9 Å². The Morgan fingerprint density at radius 3 is 2.44 bits per heavy atom. The fourth-order valence-electron chi connectivity index (χ4n) is 2.49. The zero-order valence-corrected chi connectivity index (χ0v) is 17.1. The number of ether oxygens (including phenoxy) is 3. The lowest BCUT2D eigenvalue weighted by atomic mass is 10.1. The minimum atomic E-state index is -0.173. The van der Waals surface area contributed by atoms with E-state index in [1.807, 2.05) is 32.0 Å². The molecule has 0 amide bonds. The molecule has 0 saturated heterocycles. The molecule has 152 valence electrons. The zero-order valence-electron chi connectivity index (χ0n) is 17.1. The number of hydrogen-bond acceptors (Lipinski definition) is 5. The van der Waals surface area contributed by atoms with Crippen molar-refractivity contribution in [2.24, 2.45) is 4.99 Å². The lowest BCUT2D eigenvalue weighted by molar-refractivity contribution is -0.143. The molecular formula is C20H33N3O4. The summed E-state index contributed by atoms with van der Waals surface area (Å²) in [6.07, 6.45) is 1.08. The SMILES string of the molecule is CCOC(=O)CCCNC(=NC)NC(C)c1ccc(OCC)c(OCC)c1. The maximum Gasteiger partial charge on any atom is 0.305 e. The van der Waals surface area contributed by atoms with Crippen molar-refractivity contribution in [3.05, 3.63) is 23.8 Å². The summed E-state index contributed by atoms with van der Waals surface area (Å²) in [5, 5.41) is 6.56. The van der Waals surface area contributed by atoms with Gasteiger partial charge in [-0.2, -0.15) is 0 Å². The third kappa shape index (κ3) is 8.19. The van der Waals surface area contributed by atoms with Gasteiger partial charge in [-0.1, -0.05) is 6.07 Å². The van der Waals surface area contributed by atoms with Gasteiger partial charge in [0.2, 0.25) is 0 Å². The van der Waals surface area contributed by atoms with Crippen LogP contribution < -0.4 is 20.1 Å². The monoisotopic (exact) mass is 379 g/mol. The Morgan fingerprint density at radius 1 is 1.11 bits per heavy atom. The van der Waals surface area contributed by atoms with Crippen LogP contribution in [0.3, 0.4) is 0 Å². The van der Waals surface area contributed by atoms with E-state index >= 15 is 0 Å². The van der Waals surface area contributed by atoms with Crippen molar-refractivity contribution in [2.75, 3.05) is 33.4 Å². The molecule has 0 heterocycles. The molecular weight excluding hydrogens is 346 g/mol. The highest BCUT2D eigenvalue weighted by Crippen LogP contribution is 2.30. The van der Waals surface area contributed by atoms with Crippen LogP contribution in [0, 0.1) is 0 Å². The van der Waals surface area contributed by atoms with Crippen LogP contribution >= 0.6 is 0 Å². The van der Waals surface area contributed by atoms with Crippen LogP contribution in [-0.4, -0.2) is 45.3 Å². The molecule has 0 aliphatic heterocycles. The molecule has 7 heteroatoms. The molecule has 1 aromatic rings. The molecule has 0 aliphatic carbocycles. The standard InChI is InChI=1S/C20H33N3O4/c1-6-25-17-12-11-16(14-18(17)26-7-2)15(4)23-20(21-5)22-13-9-10-19(24)27-8-3/h11-12,14-15H,6-10,13H2,1-5H3,(H2,21,22,23). The fourth-order valence-corrected chi connectivity index (χ4v) is 2.49. The number of nitrogens with zero attached hydrogens (tertiary/aromatic N) is 1. The largest absolute Gasteiger partial charge is 0.490 e. The predicted octanol–water partition coefficient (Wildman–Crippen LogP) is 3.05. The second-order valence-electron chi connectivity index (χ2n) is 5.85. The quantitative estimate of drug-likeness (QED) is 0.266. The van der Waals surface area contributed by atoms with E-state index in [0.29, 0.717) is 45.2 Å². The normalized spacial score (nSPS) is 12.3. The smallest absolute Gasteiger partial charge is 0.305 e. The maximum absolute atomic E-state index is 11.4. The van der Waals surface area contributed by atoms with Crippen LogP contribution in [0.25, 0.3) is 0 Å². The van der Waals surface area contributed by atoms with Gasteiger partial charge in [-0.15, -0.1) is 0 Å². The van der Waals surface area contributed by atoms with Gasteiger partial charge in [0.15, 0.2) is 17.5 Å². The first-order valence-electron chi connectivity index (χ1n) is 9.57. The number of esters is 1. The van der Waals surface area contributed by atoms with Crippen LogP contribution in [0.4, 0.5) is 0 Å². The number of guanidine groups is 1. The fraction of sp³-hybridized carbons (Fsp3) is 0.600. The molecule has 0 saturated carbocycles. The molecule has 0 fully saturated rings. The highest BCUT2D eigenvalue weighted by atomic mass is 16.5. The van der Waals surface area contributed by atoms with Crippen molar-refractivity contribution in [2.45, 2.75) is 46.6 Å². The summed E-state index contributed by atoms with van der Waals surface area (Å²) in [6, 6.07) is 5.95. The molecule has 2 N–H and O–H groups in total. The molecule has 1 atom stereocenters. The van der Waals surface area contributed by atoms with Crippen LogP contribution in [0.2, 0.25) is 0 Å². The summed E-state index contributed by atoms with van der Waals surface area (Å²) in [6.45, 7) is 9.98. The summed E-state index contributed by atoms with van der Waals surface area (Å²) in [7, 11) is 1.72. The lowest BCUT2D eigenvalue weighted by Gasteiger charge is -2.20. The summed E-state index contributed by atoms with van der Waals surface area (Å²) in [5.74, 6) is 1.99. The highest BCUT2D eigenvalue weighted by molar-refractivity contribution is 5.80. The van der Waals surface area contributed by atoms with Crippen LogP contribution in [0.5, 0.6) is 11.5 Å². The van der Waals surface area contributed by atoms with Crippen molar-refractivity contribution in [3.63, 3.8) is 0 Å². The minimum absolute atomic E-state index is 0.0242. The van der Waals surface area contributed by atoms with E-state index in [0.717, 1.165) is 17.1 Å². The Labute approximate surface area is 162 Å². The second-order valence-corrected chi connectivity index (χ2v) is 5.85. The number of hydrogen-bond donors (Lipinski definition) is 2. The second kappa shape index (κ2) is 12.8. The van der Waals surface area contributed by atoms with E-state index in [1.165, 1.54) is 0 Å². The first kappa shape index (κ1) is 22.6. The van der Waals surface area contributed by atoms with Gasteiger partial charge in [-0.25, -0.2) is 0 Å². The van der Waals surface area contributed by atoms with Gasteiger partial charge < -0.3 is 24.8 Å². The van der Waals surface area contributed by atoms with E-state index in [9.17, 15) is 4.79 Å². The zero-order chi connectivity index (χ0) is 20.1. The van der Waals surface area contributed by atoms with Crippen LogP contribution in [0.15, 0.2) is 23.2 Å². The van der Waals surface area contributed by atoms with E-state index in [2.05, 4.69) is 22.5 Å². The van der Waals surface area contributed by atoms with E-state index < -0.39 is 0 Å². The Bertz CT molecular complexity index is 605. The van der Waals surface area contributed by atoms with Crippen LogP contribution in [-0.2, 0) is 9.53 Å². The number of carbonyl (C=O) groups excluding carboxylic acids is 1. The van der Waals surface area contributed by atoms with Gasteiger partial charge in [-0.05, 0) is 51.8 Å². The van der Waals surface area contributed by atoms with Gasteiger partial charge in [0, 0.05) is 20.0 Å². The van der Waals surface area contributed by atoms with Gasteiger partial charge in [0.25, 0.3) is 0 Å². The van der Waals surface area contributed by atoms with Gasteiger partial charge >= 0.3 is 5.97 Å². The maximum atomic E-state index is 11.4. The Kier molecular flexibility index (Phi) is 10.7. The Balaban J connectivity index is 2.60. The molecule has 0 aliphatic rings. The van der Waals surface area contributed by atoms with Crippen molar-refractivity contribution in [1.82, 2.24) is 10.6 Å². The number of rotatable bonds is 11. The van der Waals surface area contributed by atoms with Gasteiger partial charge in [-0.3, -0.25) is 9.79 Å². The Morgan fingerprint density at radius 2 is 1.81 bits per heavy atom. The predicted molar refractivity (Wildman–Crippen MR) is 108 cm³/mol. The molecule has 0 spiro atoms. The molecule has 0 radical (unpaired) electrons. The van der Waals surface area contributed by atoms with Crippen LogP contribution in [0.1, 0.15) is 52.1 Å². The number of aliphatic imine (C=N–C) groups is 1. The molecule has 0 aromatic heterocycles. The average molecular weight is 380 g/mol. The topological polar surface area (TPSA) is 81.2 Å². The molecule has 1 rings (SSSR count). The molecule has 7 nitrogen and oxygen atoms in total. The highest BCUT2D eigenvalue weighted by Gasteiger charge is 2.12. The van der Waals surface area contributed by atoms with Crippen molar-refractivity contribution < 1.29 is 19.0 Å². The van der Waals surface area contributed by atoms with E-state index in [4.69, 9.17) is 14.2 Å². The first-order chi connectivity index (χ1) is 13.0. The average Bonchev–Trinajstić information content (AvgIpc) is 2.66. The minimum Gasteiger partial charge on any atom is -0.490 e. The lowest BCUT2D eigenvalue weighted by Crippen LogP contribution is -2.39. The molecule has 0 bridgehead atoms. The molecule has 27 heavy (non-hydrogen) atoms. The third-order valence-electron chi connectivity index (χ3n) is 3.80. The van der Waals surface area contributed by atoms with E-state index in [-0.39, 0.29) is 12.0 Å². The summed E-state index contributed by atoms with van der Waals surface area (Å²) in [4.78, 5) is 15.6. The molecule has 1 unspecified atom stereocenters. The molecule has 1 aromatic carbocycles. The van der Waals surface area contributed by atoms with Gasteiger partial charge in [0.1, 0.15) is 0 Å². The summed E-state index contributed by atoms with van der Waals surface area (Å²) < 4.78 is 16.2. The number of benzene rings is 1. The first-order valence-corrected chi connectivity index (χ1v) is 9.57. The summed E-state index contributed by atoms with van der Waals surface area (Å²) in [5.41, 5.74) is 1.07. The third-order valence-corrected chi connectivity index (χ3v) is 3.80.